The highest BCUT2D eigenvalue weighted by Gasteiger charge is 2.19. The van der Waals surface area contributed by atoms with E-state index in [2.05, 4.69) is 39.0 Å². The molecule has 0 bridgehead atoms. The van der Waals surface area contributed by atoms with Gasteiger partial charge in [-0.05, 0) is 36.4 Å². The Balaban J connectivity index is 0.000000547. The van der Waals surface area contributed by atoms with E-state index >= 15 is 0 Å². The Bertz CT molecular complexity index is 664. The van der Waals surface area contributed by atoms with Gasteiger partial charge < -0.3 is 5.73 Å². The van der Waals surface area contributed by atoms with Gasteiger partial charge >= 0.3 is 0 Å². The molecule has 2 aromatic rings. The molecule has 0 heterocycles. The van der Waals surface area contributed by atoms with E-state index in [1.807, 2.05) is 45.0 Å². The summed E-state index contributed by atoms with van der Waals surface area (Å²) in [4.78, 5) is 12.2. The molecular formula is C23H35NO. The highest BCUT2D eigenvalue weighted by Crippen LogP contribution is 2.31. The highest BCUT2D eigenvalue weighted by molar-refractivity contribution is 6.22. The highest BCUT2D eigenvalue weighted by atomic mass is 16.1. The zero-order valence-electron chi connectivity index (χ0n) is 16.9. The lowest BCUT2D eigenvalue weighted by Crippen LogP contribution is -2.08. The number of benzene rings is 2. The van der Waals surface area contributed by atoms with Crippen LogP contribution in [0, 0.1) is 0 Å². The van der Waals surface area contributed by atoms with E-state index in [0.717, 1.165) is 41.3 Å². The topological polar surface area (TPSA) is 43.1 Å². The summed E-state index contributed by atoms with van der Waals surface area (Å²) in [5.41, 5.74) is 7.96. The Morgan fingerprint density at radius 3 is 1.92 bits per heavy atom. The number of carbonyl (C=O) groups excluding carboxylic acids is 1. The Morgan fingerprint density at radius 1 is 0.920 bits per heavy atom. The first-order valence-electron chi connectivity index (χ1n) is 9.61. The number of nitrogens with two attached hydrogens (primary N) is 1. The molecule has 0 radical (unpaired) electrons. The third kappa shape index (κ3) is 6.47. The fourth-order valence-electron chi connectivity index (χ4n) is 2.37. The van der Waals surface area contributed by atoms with Gasteiger partial charge in [-0.1, -0.05) is 84.4 Å². The molecule has 138 valence electrons. The van der Waals surface area contributed by atoms with Crippen LogP contribution in [0.15, 0.2) is 42.0 Å². The van der Waals surface area contributed by atoms with Crippen molar-refractivity contribution in [3.05, 3.63) is 53.1 Å². The predicted octanol–water partition coefficient (Wildman–Crippen LogP) is 6.63. The number of carbonyl (C=O) groups is 1. The molecule has 0 aliphatic heterocycles. The number of allylic oxidation sites excluding steroid dienone is 1. The first-order valence-corrected chi connectivity index (χ1v) is 9.61. The largest absolute Gasteiger partial charge is 0.330 e. The van der Waals surface area contributed by atoms with Crippen molar-refractivity contribution in [1.82, 2.24) is 0 Å². The van der Waals surface area contributed by atoms with Crippen LogP contribution in [0.4, 0.5) is 0 Å². The van der Waals surface area contributed by atoms with E-state index in [1.165, 1.54) is 12.0 Å². The molecule has 0 saturated heterocycles. The molecule has 25 heavy (non-hydrogen) atoms. The molecule has 0 amide bonds. The van der Waals surface area contributed by atoms with Crippen molar-refractivity contribution in [2.24, 2.45) is 5.73 Å². The number of hydrogen-bond donors (Lipinski definition) is 1. The standard InChI is InChI=1S/C15H12O.C3H9N.C3H8.C2H6/c1-2-10-9-12-7-3-5-11-6-4-8-13(14(11)12)15(10)16;1-2-3-4;1-3-2;1-2/h3-9H,2H2,1H3;2-4H2,1H3;3H2,1-2H3;1-2H3. The molecule has 2 nitrogen and oxygen atoms in total. The molecule has 1 aliphatic carbocycles. The lowest BCUT2D eigenvalue weighted by Gasteiger charge is -2.15. The molecular weight excluding hydrogens is 306 g/mol. The average Bonchev–Trinajstić information content (AvgIpc) is 2.67. The summed E-state index contributed by atoms with van der Waals surface area (Å²) in [6, 6.07) is 12.1. The summed E-state index contributed by atoms with van der Waals surface area (Å²) in [7, 11) is 0. The second-order valence-corrected chi connectivity index (χ2v) is 5.60. The summed E-state index contributed by atoms with van der Waals surface area (Å²) in [6.45, 7) is 13.2. The van der Waals surface area contributed by atoms with Crippen molar-refractivity contribution in [3.8, 4) is 0 Å². The van der Waals surface area contributed by atoms with Crippen molar-refractivity contribution in [3.63, 3.8) is 0 Å². The third-order valence-corrected chi connectivity index (χ3v) is 3.47. The van der Waals surface area contributed by atoms with Gasteiger partial charge in [0.15, 0.2) is 5.78 Å². The van der Waals surface area contributed by atoms with E-state index < -0.39 is 0 Å². The maximum Gasteiger partial charge on any atom is 0.189 e. The lowest BCUT2D eigenvalue weighted by atomic mass is 9.87. The number of rotatable bonds is 2. The minimum absolute atomic E-state index is 0.187. The van der Waals surface area contributed by atoms with Gasteiger partial charge in [-0.3, -0.25) is 4.79 Å². The van der Waals surface area contributed by atoms with Gasteiger partial charge in [-0.2, -0.15) is 0 Å². The van der Waals surface area contributed by atoms with Crippen LogP contribution in [0.25, 0.3) is 16.8 Å². The van der Waals surface area contributed by atoms with E-state index in [9.17, 15) is 4.79 Å². The van der Waals surface area contributed by atoms with E-state index in [-0.39, 0.29) is 5.78 Å². The van der Waals surface area contributed by atoms with Crippen LogP contribution >= 0.6 is 0 Å². The van der Waals surface area contributed by atoms with E-state index in [0.29, 0.717) is 0 Å². The molecule has 1 aliphatic rings. The fourth-order valence-corrected chi connectivity index (χ4v) is 2.37. The first-order chi connectivity index (χ1) is 12.1. The van der Waals surface area contributed by atoms with Gasteiger partial charge in [0.25, 0.3) is 0 Å². The first kappa shape index (κ1) is 23.1. The summed E-state index contributed by atoms with van der Waals surface area (Å²) in [5, 5.41) is 2.25. The summed E-state index contributed by atoms with van der Waals surface area (Å²) >= 11 is 0. The van der Waals surface area contributed by atoms with E-state index in [4.69, 9.17) is 5.73 Å². The number of hydrogen-bond acceptors (Lipinski definition) is 2. The molecule has 0 atom stereocenters. The minimum atomic E-state index is 0.187. The molecule has 0 unspecified atom stereocenters. The van der Waals surface area contributed by atoms with Crippen LogP contribution in [0.2, 0.25) is 0 Å². The van der Waals surface area contributed by atoms with Crippen molar-refractivity contribution >= 4 is 22.6 Å². The van der Waals surface area contributed by atoms with E-state index in [1.54, 1.807) is 0 Å². The normalized spacial score (nSPS) is 11.2. The van der Waals surface area contributed by atoms with Crippen LogP contribution in [0.3, 0.4) is 0 Å². The molecule has 0 spiro atoms. The monoisotopic (exact) mass is 341 g/mol. The molecule has 0 fully saturated rings. The third-order valence-electron chi connectivity index (χ3n) is 3.47. The van der Waals surface area contributed by atoms with Crippen molar-refractivity contribution < 1.29 is 4.79 Å². The maximum absolute atomic E-state index is 12.2. The maximum atomic E-state index is 12.2. The Labute approximate surface area is 154 Å². The summed E-state index contributed by atoms with van der Waals surface area (Å²) in [5.74, 6) is 0.187. The van der Waals surface area contributed by atoms with Crippen molar-refractivity contribution in [2.75, 3.05) is 6.54 Å². The predicted molar refractivity (Wildman–Crippen MR) is 113 cm³/mol. The second-order valence-electron chi connectivity index (χ2n) is 5.60. The van der Waals surface area contributed by atoms with Crippen molar-refractivity contribution in [1.29, 1.82) is 0 Å². The second kappa shape index (κ2) is 13.4. The SMILES string of the molecule is CC.CCC.CCC1=Cc2cccc3cccc(c23)C1=O.CCCN. The zero-order chi connectivity index (χ0) is 19.2. The Hall–Kier alpha value is -1.93. The summed E-state index contributed by atoms with van der Waals surface area (Å²) in [6.07, 6.45) is 5.17. The van der Waals surface area contributed by atoms with Crippen LogP contribution in [-0.4, -0.2) is 12.3 Å². The lowest BCUT2D eigenvalue weighted by molar-refractivity contribution is 0.103. The Kier molecular flexibility index (Phi) is 12.3. The van der Waals surface area contributed by atoms with Crippen LogP contribution < -0.4 is 5.73 Å². The van der Waals surface area contributed by atoms with Crippen LogP contribution in [0.5, 0.6) is 0 Å². The smallest absolute Gasteiger partial charge is 0.189 e. The molecule has 2 aromatic carbocycles. The zero-order valence-corrected chi connectivity index (χ0v) is 16.9. The quantitative estimate of drug-likeness (QED) is 0.666. The number of Topliss-reactive ketones (excluding diaryl/α,β-unsaturated/α-hetero) is 1. The summed E-state index contributed by atoms with van der Waals surface area (Å²) < 4.78 is 0. The molecule has 2 N–H and O–H groups in total. The number of ketones is 1. The minimum Gasteiger partial charge on any atom is -0.330 e. The van der Waals surface area contributed by atoms with Gasteiger partial charge in [-0.15, -0.1) is 0 Å². The van der Waals surface area contributed by atoms with Crippen LogP contribution in [0.1, 0.15) is 76.7 Å². The van der Waals surface area contributed by atoms with Gasteiger partial charge in [0.05, 0.1) is 0 Å². The molecule has 0 saturated carbocycles. The molecule has 3 rings (SSSR count). The molecule has 0 aromatic heterocycles. The van der Waals surface area contributed by atoms with Gasteiger partial charge in [0.1, 0.15) is 0 Å². The van der Waals surface area contributed by atoms with Gasteiger partial charge in [0, 0.05) is 16.5 Å². The molecule has 2 heteroatoms. The van der Waals surface area contributed by atoms with Crippen LogP contribution in [-0.2, 0) is 0 Å². The van der Waals surface area contributed by atoms with Gasteiger partial charge in [-0.25, -0.2) is 0 Å². The fraction of sp³-hybridized carbons (Fsp3) is 0.435. The Morgan fingerprint density at radius 2 is 1.44 bits per heavy atom. The van der Waals surface area contributed by atoms with Gasteiger partial charge in [0.2, 0.25) is 0 Å². The van der Waals surface area contributed by atoms with Crippen molar-refractivity contribution in [2.45, 2.75) is 60.8 Å². The average molecular weight is 342 g/mol.